The molecule has 9 nitrogen and oxygen atoms in total. The van der Waals surface area contributed by atoms with Crippen LogP contribution in [-0.4, -0.2) is 60.5 Å². The highest BCUT2D eigenvalue weighted by molar-refractivity contribution is 7.89. The van der Waals surface area contributed by atoms with Crippen LogP contribution in [0.1, 0.15) is 12.8 Å². The Labute approximate surface area is 206 Å². The van der Waals surface area contributed by atoms with Crippen molar-refractivity contribution in [1.29, 1.82) is 0 Å². The number of ether oxygens (including phenoxy) is 1. The van der Waals surface area contributed by atoms with E-state index in [1.807, 2.05) is 0 Å². The van der Waals surface area contributed by atoms with Gasteiger partial charge in [-0.15, -0.1) is 11.6 Å². The van der Waals surface area contributed by atoms with Crippen molar-refractivity contribution in [2.24, 2.45) is 0 Å². The van der Waals surface area contributed by atoms with Crippen molar-refractivity contribution in [3.05, 3.63) is 56.6 Å². The Balaban J connectivity index is 1.90. The monoisotopic (exact) mass is 535 g/mol. The molecule has 1 heterocycles. The smallest absolute Gasteiger partial charge is 0.271 e. The van der Waals surface area contributed by atoms with E-state index in [-0.39, 0.29) is 53.5 Å². The van der Waals surface area contributed by atoms with Crippen LogP contribution in [0.4, 0.5) is 5.69 Å². The number of nitrogens with zero attached hydrogens (tertiary/aromatic N) is 3. The molecule has 0 radical (unpaired) electrons. The number of alkyl halides is 1. The van der Waals surface area contributed by atoms with Crippen LogP contribution < -0.4 is 4.74 Å². The number of non-ortho nitro benzene ring substituents is 1. The molecule has 1 aliphatic rings. The van der Waals surface area contributed by atoms with Crippen molar-refractivity contribution in [3.63, 3.8) is 0 Å². The normalized spacial score (nSPS) is 14.8. The fourth-order valence-corrected chi connectivity index (χ4v) is 5.27. The maximum absolute atomic E-state index is 13.4. The van der Waals surface area contributed by atoms with Crippen molar-refractivity contribution in [2.45, 2.75) is 17.7 Å². The Hall–Kier alpha value is -2.11. The van der Waals surface area contributed by atoms with Gasteiger partial charge < -0.3 is 9.64 Å². The molecule has 0 aromatic heterocycles. The van der Waals surface area contributed by atoms with Gasteiger partial charge in [-0.25, -0.2) is 8.42 Å². The number of amides is 1. The molecule has 13 heteroatoms. The predicted molar refractivity (Wildman–Crippen MR) is 125 cm³/mol. The number of rotatable bonds is 8. The summed E-state index contributed by atoms with van der Waals surface area (Å²) in [7, 11) is -4.19. The van der Waals surface area contributed by atoms with Crippen LogP contribution in [0.25, 0.3) is 0 Å². The van der Waals surface area contributed by atoms with Crippen molar-refractivity contribution >= 4 is 56.4 Å². The molecule has 2 aromatic rings. The molecular weight excluding hydrogens is 517 g/mol. The summed E-state index contributed by atoms with van der Waals surface area (Å²) in [5, 5.41) is 11.8. The fraction of sp³-hybridized carbons (Fsp3) is 0.350. The van der Waals surface area contributed by atoms with Crippen LogP contribution in [0.15, 0.2) is 41.3 Å². The first kappa shape index (κ1) is 25.5. The number of nitro benzene ring substituents is 1. The third-order valence-electron chi connectivity index (χ3n) is 4.98. The van der Waals surface area contributed by atoms with Crippen molar-refractivity contribution < 1.29 is 22.9 Å². The number of carbonyl (C=O) groups excluding carboxylic acids is 1. The van der Waals surface area contributed by atoms with Crippen LogP contribution in [0.3, 0.4) is 0 Å². The molecule has 1 amide bonds. The van der Waals surface area contributed by atoms with Gasteiger partial charge in [-0.3, -0.25) is 14.9 Å². The topological polar surface area (TPSA) is 110 Å². The maximum Gasteiger partial charge on any atom is 0.271 e. The summed E-state index contributed by atoms with van der Waals surface area (Å²) in [4.78, 5) is 24.0. The third-order valence-corrected chi connectivity index (χ3v) is 7.72. The van der Waals surface area contributed by atoms with Crippen LogP contribution >= 0.6 is 34.8 Å². The molecule has 0 bridgehead atoms. The number of hydrogen-bond acceptors (Lipinski definition) is 6. The number of sulfonamides is 1. The molecule has 178 valence electrons. The van der Waals surface area contributed by atoms with Crippen molar-refractivity contribution in [3.8, 4) is 11.5 Å². The highest BCUT2D eigenvalue weighted by atomic mass is 35.5. The second kappa shape index (κ2) is 10.9. The Morgan fingerprint density at radius 1 is 1.06 bits per heavy atom. The van der Waals surface area contributed by atoms with Gasteiger partial charge in [-0.05, 0) is 24.6 Å². The number of hydrogen-bond donors (Lipinski definition) is 0. The number of benzene rings is 2. The summed E-state index contributed by atoms with van der Waals surface area (Å²) in [6.45, 7) is 0.473. The highest BCUT2D eigenvalue weighted by Crippen LogP contribution is 2.37. The second-order valence-corrected chi connectivity index (χ2v) is 10.3. The zero-order valence-electron chi connectivity index (χ0n) is 17.2. The molecule has 0 N–H and O–H groups in total. The number of nitro groups is 1. The average molecular weight is 537 g/mol. The number of carbonyl (C=O) groups is 1. The lowest BCUT2D eigenvalue weighted by Gasteiger charge is -2.34. The molecule has 0 spiro atoms. The molecular formula is C20H20Cl3N3O6S. The standard InChI is InChI=1S/C20H20Cl3N3O6S/c21-7-1-2-20(27)24-8-10-25(11-9-24)33(30,31)19-13-15(26(28)29)4-6-17(19)32-18-12-14(22)3-5-16(18)23/h3-6,12-13H,1-2,7-11H2. The third kappa shape index (κ3) is 6.07. The Kier molecular flexibility index (Phi) is 8.41. The molecule has 0 atom stereocenters. The number of piperazine rings is 1. The molecule has 2 aromatic carbocycles. The quantitative estimate of drug-likeness (QED) is 0.278. The molecule has 0 aliphatic carbocycles. The summed E-state index contributed by atoms with van der Waals surface area (Å²) < 4.78 is 33.7. The first-order valence-corrected chi connectivity index (χ1v) is 12.6. The van der Waals surface area contributed by atoms with E-state index in [0.717, 1.165) is 12.1 Å². The first-order valence-electron chi connectivity index (χ1n) is 9.88. The minimum atomic E-state index is -4.19. The van der Waals surface area contributed by atoms with Gasteiger partial charge in [0.15, 0.2) is 0 Å². The summed E-state index contributed by atoms with van der Waals surface area (Å²) in [6, 6.07) is 7.72. The molecule has 0 saturated carbocycles. The second-order valence-electron chi connectivity index (χ2n) is 7.14. The highest BCUT2D eigenvalue weighted by Gasteiger charge is 2.33. The van der Waals surface area contributed by atoms with Gasteiger partial charge in [0.05, 0.1) is 9.95 Å². The molecule has 33 heavy (non-hydrogen) atoms. The van der Waals surface area contributed by atoms with Gasteiger partial charge >= 0.3 is 0 Å². The fourth-order valence-electron chi connectivity index (χ4n) is 3.26. The summed E-state index contributed by atoms with van der Waals surface area (Å²) in [5.74, 6) is 0.240. The van der Waals surface area contributed by atoms with E-state index in [0.29, 0.717) is 23.7 Å². The van der Waals surface area contributed by atoms with E-state index >= 15 is 0 Å². The first-order chi connectivity index (χ1) is 15.6. The van der Waals surface area contributed by atoms with Crippen molar-refractivity contribution in [2.75, 3.05) is 32.1 Å². The maximum atomic E-state index is 13.4. The van der Waals surface area contributed by atoms with E-state index in [2.05, 4.69) is 0 Å². The molecule has 3 rings (SSSR count). The van der Waals surface area contributed by atoms with Gasteiger partial charge in [0.2, 0.25) is 15.9 Å². The van der Waals surface area contributed by atoms with Gasteiger partial charge in [0.1, 0.15) is 16.4 Å². The Morgan fingerprint density at radius 3 is 2.39 bits per heavy atom. The lowest BCUT2D eigenvalue weighted by molar-refractivity contribution is -0.385. The van der Waals surface area contributed by atoms with Gasteiger partial charge in [-0.1, -0.05) is 23.2 Å². The van der Waals surface area contributed by atoms with E-state index in [1.165, 1.54) is 28.6 Å². The van der Waals surface area contributed by atoms with Crippen LogP contribution in [0.2, 0.25) is 10.0 Å². The van der Waals surface area contributed by atoms with Gasteiger partial charge in [-0.2, -0.15) is 4.31 Å². The average Bonchev–Trinajstić information content (AvgIpc) is 2.80. The van der Waals surface area contributed by atoms with Crippen molar-refractivity contribution in [1.82, 2.24) is 9.21 Å². The molecule has 0 unspecified atom stereocenters. The largest absolute Gasteiger partial charge is 0.454 e. The summed E-state index contributed by atoms with van der Waals surface area (Å²) in [5.41, 5.74) is -0.409. The molecule has 1 aliphatic heterocycles. The van der Waals surface area contributed by atoms with E-state index in [4.69, 9.17) is 39.5 Å². The SMILES string of the molecule is O=C(CCCCl)N1CCN(S(=O)(=O)c2cc([N+](=O)[O-])ccc2Oc2cc(Cl)ccc2Cl)CC1. The zero-order valence-corrected chi connectivity index (χ0v) is 20.3. The van der Waals surface area contributed by atoms with Crippen LogP contribution in [-0.2, 0) is 14.8 Å². The number of halogens is 3. The predicted octanol–water partition coefficient (Wildman–Crippen LogP) is 4.55. The minimum Gasteiger partial charge on any atom is -0.454 e. The zero-order chi connectivity index (χ0) is 24.2. The molecule has 1 fully saturated rings. The van der Waals surface area contributed by atoms with E-state index in [1.54, 1.807) is 4.90 Å². The van der Waals surface area contributed by atoms with Crippen LogP contribution in [0, 0.1) is 10.1 Å². The Morgan fingerprint density at radius 2 is 1.76 bits per heavy atom. The van der Waals surface area contributed by atoms with Gasteiger partial charge in [0, 0.05) is 61.7 Å². The Bertz CT molecular complexity index is 1150. The van der Waals surface area contributed by atoms with Crippen LogP contribution in [0.5, 0.6) is 11.5 Å². The lowest BCUT2D eigenvalue weighted by atomic mass is 10.2. The minimum absolute atomic E-state index is 0.0367. The summed E-state index contributed by atoms with van der Waals surface area (Å²) in [6.07, 6.45) is 0.832. The van der Waals surface area contributed by atoms with E-state index < -0.39 is 20.6 Å². The summed E-state index contributed by atoms with van der Waals surface area (Å²) >= 11 is 17.7. The lowest BCUT2D eigenvalue weighted by Crippen LogP contribution is -2.50. The van der Waals surface area contributed by atoms with E-state index in [9.17, 15) is 23.3 Å². The molecule has 1 saturated heterocycles. The van der Waals surface area contributed by atoms with Gasteiger partial charge in [0.25, 0.3) is 5.69 Å².